The summed E-state index contributed by atoms with van der Waals surface area (Å²) in [6.45, 7) is 12.8. The Bertz CT molecular complexity index is 1340. The highest BCUT2D eigenvalue weighted by Crippen LogP contribution is 2.70. The first-order chi connectivity index (χ1) is 18.6. The Labute approximate surface area is 232 Å². The van der Waals surface area contributed by atoms with Crippen molar-refractivity contribution in [1.29, 1.82) is 0 Å². The SMILES string of the molecule is C=C1CCO[C@]12CCC1[C@@H]3CCC4=CC(=O)CCC4=C3[C@@H](c3ccc(P4(=O)OCC(C)(C)CO4)cc3)C[C@@]12C. The normalized spacial score (nSPS) is 38.8. The molecule has 6 heteroatoms. The average Bonchev–Trinajstić information content (AvgIpc) is 3.45. The maximum Gasteiger partial charge on any atom is 0.361 e. The molecule has 5 nitrogen and oxygen atoms in total. The summed E-state index contributed by atoms with van der Waals surface area (Å²) < 4.78 is 31.9. The highest BCUT2D eigenvalue weighted by atomic mass is 31.2. The molecule has 2 aliphatic heterocycles. The molecule has 4 aliphatic carbocycles. The zero-order valence-corrected chi connectivity index (χ0v) is 24.5. The summed E-state index contributed by atoms with van der Waals surface area (Å²) in [5.41, 5.74) is 6.46. The van der Waals surface area contributed by atoms with Gasteiger partial charge in [0.25, 0.3) is 0 Å². The smallest absolute Gasteiger partial charge is 0.361 e. The van der Waals surface area contributed by atoms with Crippen LogP contribution in [0.25, 0.3) is 0 Å². The van der Waals surface area contributed by atoms with Crippen LogP contribution in [-0.4, -0.2) is 31.2 Å². The molecule has 6 aliphatic rings. The maximum atomic E-state index is 13.5. The van der Waals surface area contributed by atoms with Gasteiger partial charge in [-0.15, -0.1) is 0 Å². The van der Waals surface area contributed by atoms with Crippen LogP contribution in [0.15, 0.2) is 59.2 Å². The molecule has 2 saturated carbocycles. The van der Waals surface area contributed by atoms with Gasteiger partial charge in [-0.2, -0.15) is 0 Å². The third-order valence-corrected chi connectivity index (χ3v) is 12.9. The van der Waals surface area contributed by atoms with Gasteiger partial charge in [0.1, 0.15) is 0 Å². The first-order valence-electron chi connectivity index (χ1n) is 14.8. The van der Waals surface area contributed by atoms with Crippen LogP contribution >= 0.6 is 7.60 Å². The summed E-state index contributed by atoms with van der Waals surface area (Å²) in [6, 6.07) is 8.22. The molecule has 0 amide bonds. The number of ketones is 1. The minimum Gasteiger partial charge on any atom is -0.370 e. The molecule has 0 aromatic heterocycles. The number of hydrogen-bond donors (Lipinski definition) is 0. The largest absolute Gasteiger partial charge is 0.370 e. The first kappa shape index (κ1) is 26.1. The van der Waals surface area contributed by atoms with Crippen LogP contribution in [0, 0.1) is 22.7 Å². The predicted molar refractivity (Wildman–Crippen MR) is 152 cm³/mol. The van der Waals surface area contributed by atoms with E-state index in [1.54, 1.807) is 5.57 Å². The fraction of sp³-hybridized carbons (Fsp3) is 0.606. The summed E-state index contributed by atoms with van der Waals surface area (Å²) in [5.74, 6) is 1.56. The van der Waals surface area contributed by atoms with Gasteiger partial charge in [-0.25, -0.2) is 0 Å². The van der Waals surface area contributed by atoms with Gasteiger partial charge in [0.15, 0.2) is 5.78 Å². The Morgan fingerprint density at radius 1 is 0.974 bits per heavy atom. The van der Waals surface area contributed by atoms with Gasteiger partial charge < -0.3 is 13.8 Å². The van der Waals surface area contributed by atoms with E-state index in [9.17, 15) is 9.36 Å². The summed E-state index contributed by atoms with van der Waals surface area (Å²) in [5, 5.41) is 0.633. The number of carbonyl (C=O) groups is 1. The quantitative estimate of drug-likeness (QED) is 0.289. The number of fused-ring (bicyclic) bond motifs is 5. The fourth-order valence-corrected chi connectivity index (χ4v) is 11.0. The number of allylic oxidation sites excluding steroid dienone is 4. The highest BCUT2D eigenvalue weighted by molar-refractivity contribution is 7.62. The Kier molecular flexibility index (Phi) is 5.94. The van der Waals surface area contributed by atoms with Gasteiger partial charge in [-0.05, 0) is 97.3 Å². The molecule has 0 bridgehead atoms. The topological polar surface area (TPSA) is 61.8 Å². The summed E-state index contributed by atoms with van der Waals surface area (Å²) >= 11 is 0. The minimum atomic E-state index is -3.32. The van der Waals surface area contributed by atoms with E-state index in [4.69, 9.17) is 13.8 Å². The molecule has 1 aromatic rings. The lowest BCUT2D eigenvalue weighted by Gasteiger charge is -2.55. The van der Waals surface area contributed by atoms with Crippen LogP contribution in [0.4, 0.5) is 0 Å². The zero-order valence-electron chi connectivity index (χ0n) is 23.6. The van der Waals surface area contributed by atoms with Crippen molar-refractivity contribution in [2.75, 3.05) is 19.8 Å². The Morgan fingerprint density at radius 2 is 1.72 bits per heavy atom. The van der Waals surface area contributed by atoms with Crippen molar-refractivity contribution in [3.8, 4) is 0 Å². The van der Waals surface area contributed by atoms with Gasteiger partial charge in [0, 0.05) is 23.2 Å². The number of ether oxygens (including phenoxy) is 1. The number of benzene rings is 1. The molecule has 2 saturated heterocycles. The van der Waals surface area contributed by atoms with E-state index in [1.165, 1.54) is 28.7 Å². The fourth-order valence-electron chi connectivity index (χ4n) is 9.05. The molecular weight excluding hydrogens is 507 g/mol. The second-order valence-electron chi connectivity index (χ2n) is 13.9. The predicted octanol–water partition coefficient (Wildman–Crippen LogP) is 7.19. The van der Waals surface area contributed by atoms with Crippen LogP contribution < -0.4 is 5.30 Å². The molecule has 0 radical (unpaired) electrons. The Hall–Kier alpha value is -1.78. The van der Waals surface area contributed by atoms with Crippen LogP contribution in [0.5, 0.6) is 0 Å². The molecule has 208 valence electrons. The molecule has 0 N–H and O–H groups in total. The first-order valence-corrected chi connectivity index (χ1v) is 16.4. The lowest BCUT2D eigenvalue weighted by atomic mass is 9.50. The van der Waals surface area contributed by atoms with E-state index < -0.39 is 7.60 Å². The average molecular weight is 549 g/mol. The van der Waals surface area contributed by atoms with E-state index >= 15 is 0 Å². The molecule has 4 fully saturated rings. The number of carbonyl (C=O) groups excluding carboxylic acids is 1. The van der Waals surface area contributed by atoms with Crippen molar-refractivity contribution in [3.05, 3.63) is 64.8 Å². The standard InChI is InChI=1S/C33H41O5P/c1-21-14-16-36-33(21)15-13-29-27-11-7-23-17-24(34)8-12-26(23)30(27)28(18-32(29,33)4)22-5-9-25(10-6-22)39(35)37-19-31(2,3)20-38-39/h5-6,9-10,17,27-29H,1,7-8,11-16,18-20H2,2-4H3/t27-,28+,29?,32-,33+/m0/s1. The third kappa shape index (κ3) is 3.83. The van der Waals surface area contributed by atoms with Crippen molar-refractivity contribution >= 4 is 18.7 Å². The monoisotopic (exact) mass is 548 g/mol. The molecule has 1 unspecified atom stereocenters. The van der Waals surface area contributed by atoms with Crippen molar-refractivity contribution < 1.29 is 23.1 Å². The maximum absolute atomic E-state index is 13.5. The Morgan fingerprint density at radius 3 is 2.41 bits per heavy atom. The second kappa shape index (κ2) is 8.86. The molecular formula is C33H41O5P. The summed E-state index contributed by atoms with van der Waals surface area (Å²) in [7, 11) is -3.32. The molecule has 1 spiro atoms. The van der Waals surface area contributed by atoms with Crippen molar-refractivity contribution in [1.82, 2.24) is 0 Å². The minimum absolute atomic E-state index is 0.0122. The van der Waals surface area contributed by atoms with E-state index in [2.05, 4.69) is 39.5 Å². The molecule has 7 rings (SSSR count). The number of rotatable bonds is 2. The van der Waals surface area contributed by atoms with Crippen LogP contribution in [0.2, 0.25) is 0 Å². The lowest BCUT2D eigenvalue weighted by molar-refractivity contribution is -0.114. The zero-order chi connectivity index (χ0) is 27.2. The Balaban J connectivity index is 1.31. The van der Waals surface area contributed by atoms with Crippen LogP contribution in [0.3, 0.4) is 0 Å². The molecule has 39 heavy (non-hydrogen) atoms. The van der Waals surface area contributed by atoms with Gasteiger partial charge in [-0.1, -0.05) is 45.1 Å². The van der Waals surface area contributed by atoms with Crippen molar-refractivity contribution in [2.45, 2.75) is 83.7 Å². The summed E-state index contributed by atoms with van der Waals surface area (Å²) in [4.78, 5) is 12.4. The highest BCUT2D eigenvalue weighted by Gasteiger charge is 2.66. The second-order valence-corrected chi connectivity index (χ2v) is 15.9. The van der Waals surface area contributed by atoms with Gasteiger partial charge >= 0.3 is 7.60 Å². The van der Waals surface area contributed by atoms with E-state index in [1.807, 2.05) is 18.2 Å². The van der Waals surface area contributed by atoms with Gasteiger partial charge in [0.05, 0.1) is 30.7 Å². The third-order valence-electron chi connectivity index (χ3n) is 11.0. The summed E-state index contributed by atoms with van der Waals surface area (Å²) in [6.07, 6.45) is 9.70. The number of hydrogen-bond acceptors (Lipinski definition) is 5. The molecule has 1 aromatic carbocycles. The van der Waals surface area contributed by atoms with E-state index in [0.717, 1.165) is 45.1 Å². The molecule has 2 heterocycles. The van der Waals surface area contributed by atoms with Gasteiger partial charge in [0.2, 0.25) is 0 Å². The van der Waals surface area contributed by atoms with Crippen molar-refractivity contribution in [3.63, 3.8) is 0 Å². The van der Waals surface area contributed by atoms with E-state index in [0.29, 0.717) is 36.8 Å². The van der Waals surface area contributed by atoms with Crippen LogP contribution in [0.1, 0.15) is 83.6 Å². The lowest BCUT2D eigenvalue weighted by Crippen LogP contribution is -2.52. The van der Waals surface area contributed by atoms with Gasteiger partial charge in [-0.3, -0.25) is 9.36 Å². The molecule has 5 atom stereocenters. The van der Waals surface area contributed by atoms with E-state index in [-0.39, 0.29) is 28.1 Å². The van der Waals surface area contributed by atoms with Crippen molar-refractivity contribution in [2.24, 2.45) is 22.7 Å². The van der Waals surface area contributed by atoms with Crippen LogP contribution in [-0.2, 0) is 23.1 Å².